The lowest BCUT2D eigenvalue weighted by Crippen LogP contribution is -2.16. The summed E-state index contributed by atoms with van der Waals surface area (Å²) in [6.07, 6.45) is 2.69. The summed E-state index contributed by atoms with van der Waals surface area (Å²) in [7, 11) is 0. The molecule has 0 N–H and O–H groups in total. The van der Waals surface area contributed by atoms with E-state index in [-0.39, 0.29) is 11.3 Å². The fourth-order valence-electron chi connectivity index (χ4n) is 1.15. The van der Waals surface area contributed by atoms with Crippen molar-refractivity contribution in [3.63, 3.8) is 0 Å². The first-order valence-electron chi connectivity index (χ1n) is 4.29. The molecule has 0 aromatic rings. The Balaban J connectivity index is 2.89. The fourth-order valence-corrected chi connectivity index (χ4v) is 1.37. The molecule has 13 heavy (non-hydrogen) atoms. The van der Waals surface area contributed by atoms with Gasteiger partial charge in [0.15, 0.2) is 0 Å². The lowest BCUT2D eigenvalue weighted by molar-refractivity contribution is 0.491. The summed E-state index contributed by atoms with van der Waals surface area (Å²) < 4.78 is 0. The molecule has 1 aliphatic rings. The Kier molecular flexibility index (Phi) is 2.77. The van der Waals surface area contributed by atoms with Gasteiger partial charge in [-0.15, -0.1) is 0 Å². The minimum absolute atomic E-state index is 0.0145. The second kappa shape index (κ2) is 3.51. The van der Waals surface area contributed by atoms with Crippen LogP contribution in [0, 0.1) is 22.7 Å². The Hall–Kier alpha value is -0.810. The van der Waals surface area contributed by atoms with Crippen molar-refractivity contribution in [2.75, 3.05) is 0 Å². The Morgan fingerprint density at radius 2 is 2.23 bits per heavy atom. The fraction of sp³-hybridized carbons (Fsp3) is 0.600. The zero-order chi connectivity index (χ0) is 10.1. The zero-order valence-corrected chi connectivity index (χ0v) is 8.89. The van der Waals surface area contributed by atoms with Gasteiger partial charge in [0.1, 0.15) is 11.1 Å². The quantitative estimate of drug-likeness (QED) is 0.587. The van der Waals surface area contributed by atoms with Crippen molar-refractivity contribution < 1.29 is 0 Å². The number of rotatable bonds is 0. The number of nitriles is 1. The molecule has 0 radical (unpaired) electrons. The third-order valence-corrected chi connectivity index (χ3v) is 2.33. The van der Waals surface area contributed by atoms with Crippen LogP contribution in [0.25, 0.3) is 0 Å². The van der Waals surface area contributed by atoms with Crippen LogP contribution in [-0.4, -0.2) is 5.17 Å². The highest BCUT2D eigenvalue weighted by atomic mass is 35.5. The molecule has 1 aliphatic heterocycles. The van der Waals surface area contributed by atoms with Crippen LogP contribution in [0.1, 0.15) is 27.2 Å². The first-order chi connectivity index (χ1) is 5.95. The first-order valence-corrected chi connectivity index (χ1v) is 4.67. The van der Waals surface area contributed by atoms with Gasteiger partial charge in [-0.1, -0.05) is 38.4 Å². The Morgan fingerprint density at radius 1 is 1.62 bits per heavy atom. The summed E-state index contributed by atoms with van der Waals surface area (Å²) in [4.78, 5) is 4.23. The Bertz CT molecular complexity index is 302. The van der Waals surface area contributed by atoms with E-state index < -0.39 is 0 Å². The normalized spacial score (nSPS) is 23.2. The van der Waals surface area contributed by atoms with Crippen molar-refractivity contribution in [3.8, 4) is 6.07 Å². The number of hydrogen-bond acceptors (Lipinski definition) is 2. The van der Waals surface area contributed by atoms with Gasteiger partial charge in [-0.2, -0.15) is 5.26 Å². The van der Waals surface area contributed by atoms with Crippen LogP contribution in [0.4, 0.5) is 0 Å². The number of aliphatic imine (C=N–C) groups is 1. The van der Waals surface area contributed by atoms with E-state index in [1.54, 1.807) is 0 Å². The van der Waals surface area contributed by atoms with Crippen LogP contribution in [0.15, 0.2) is 16.8 Å². The highest BCUT2D eigenvalue weighted by Gasteiger charge is 2.23. The van der Waals surface area contributed by atoms with Gasteiger partial charge in [-0.05, 0) is 6.42 Å². The number of hydrogen-bond donors (Lipinski definition) is 0. The second-order valence-electron chi connectivity index (χ2n) is 4.19. The number of allylic oxidation sites excluding steroid dienone is 2. The van der Waals surface area contributed by atoms with Gasteiger partial charge in [-0.3, -0.25) is 0 Å². The molecule has 70 valence electrons. The maximum absolute atomic E-state index is 8.71. The summed E-state index contributed by atoms with van der Waals surface area (Å²) in [5.74, 6) is -0.243. The molecule has 0 aromatic carbocycles. The van der Waals surface area contributed by atoms with Gasteiger partial charge >= 0.3 is 0 Å². The SMILES string of the molecule is CC(C)(C)C1=CCC(C#N)C(Cl)=N1. The van der Waals surface area contributed by atoms with E-state index in [0.717, 1.165) is 5.70 Å². The molecule has 0 aliphatic carbocycles. The van der Waals surface area contributed by atoms with Crippen molar-refractivity contribution in [3.05, 3.63) is 11.8 Å². The molecular formula is C10H13ClN2. The summed E-state index contributed by atoms with van der Waals surface area (Å²) in [5, 5.41) is 9.13. The van der Waals surface area contributed by atoms with E-state index in [1.165, 1.54) is 0 Å². The minimum atomic E-state index is -0.243. The smallest absolute Gasteiger partial charge is 0.124 e. The predicted molar refractivity (Wildman–Crippen MR) is 54.5 cm³/mol. The summed E-state index contributed by atoms with van der Waals surface area (Å²) in [6, 6.07) is 2.12. The standard InChI is InChI=1S/C10H13ClN2/c1-10(2,3)8-5-4-7(6-12)9(11)13-8/h5,7H,4H2,1-3H3. The molecule has 0 saturated heterocycles. The van der Waals surface area contributed by atoms with Gasteiger partial charge in [0.2, 0.25) is 0 Å². The first kappa shape index (κ1) is 10.3. The van der Waals surface area contributed by atoms with Gasteiger partial charge < -0.3 is 0 Å². The maximum atomic E-state index is 8.71. The van der Waals surface area contributed by atoms with Crippen LogP contribution in [0.2, 0.25) is 0 Å². The van der Waals surface area contributed by atoms with Crippen LogP contribution in [0.3, 0.4) is 0 Å². The summed E-state index contributed by atoms with van der Waals surface area (Å²) in [5.41, 5.74) is 0.990. The van der Waals surface area contributed by atoms with Crippen molar-refractivity contribution in [1.29, 1.82) is 5.26 Å². The van der Waals surface area contributed by atoms with Gasteiger partial charge in [-0.25, -0.2) is 4.99 Å². The molecule has 3 heteroatoms. The predicted octanol–water partition coefficient (Wildman–Crippen LogP) is 3.10. The van der Waals surface area contributed by atoms with Gasteiger partial charge in [0, 0.05) is 11.1 Å². The van der Waals surface area contributed by atoms with Gasteiger partial charge in [0.05, 0.1) is 6.07 Å². The van der Waals surface area contributed by atoms with E-state index in [0.29, 0.717) is 11.6 Å². The third-order valence-electron chi connectivity index (χ3n) is 1.99. The highest BCUT2D eigenvalue weighted by Crippen LogP contribution is 2.31. The molecule has 0 fully saturated rings. The summed E-state index contributed by atoms with van der Waals surface area (Å²) >= 11 is 5.87. The largest absolute Gasteiger partial charge is 0.244 e. The Labute approximate surface area is 83.9 Å². The molecule has 0 amide bonds. The van der Waals surface area contributed by atoms with Crippen LogP contribution < -0.4 is 0 Å². The molecule has 0 saturated carbocycles. The van der Waals surface area contributed by atoms with Crippen molar-refractivity contribution >= 4 is 16.8 Å². The van der Waals surface area contributed by atoms with E-state index in [4.69, 9.17) is 16.9 Å². The third kappa shape index (κ3) is 2.32. The molecular weight excluding hydrogens is 184 g/mol. The maximum Gasteiger partial charge on any atom is 0.124 e. The topological polar surface area (TPSA) is 36.1 Å². The van der Waals surface area contributed by atoms with Crippen molar-refractivity contribution in [1.82, 2.24) is 0 Å². The lowest BCUT2D eigenvalue weighted by Gasteiger charge is -2.23. The number of halogens is 1. The zero-order valence-electron chi connectivity index (χ0n) is 8.13. The van der Waals surface area contributed by atoms with E-state index in [1.807, 2.05) is 6.08 Å². The molecule has 0 spiro atoms. The second-order valence-corrected chi connectivity index (χ2v) is 4.58. The highest BCUT2D eigenvalue weighted by molar-refractivity contribution is 6.66. The van der Waals surface area contributed by atoms with E-state index in [2.05, 4.69) is 31.8 Å². The molecule has 1 unspecified atom stereocenters. The van der Waals surface area contributed by atoms with Crippen molar-refractivity contribution in [2.24, 2.45) is 16.3 Å². The monoisotopic (exact) mass is 196 g/mol. The van der Waals surface area contributed by atoms with E-state index in [9.17, 15) is 0 Å². The lowest BCUT2D eigenvalue weighted by atomic mass is 9.89. The Morgan fingerprint density at radius 3 is 2.62 bits per heavy atom. The number of nitrogens with zero attached hydrogens (tertiary/aromatic N) is 2. The van der Waals surface area contributed by atoms with Crippen molar-refractivity contribution in [2.45, 2.75) is 27.2 Å². The molecule has 1 heterocycles. The molecule has 0 aromatic heterocycles. The molecule has 2 nitrogen and oxygen atoms in total. The summed E-state index contributed by atoms with van der Waals surface area (Å²) in [6.45, 7) is 6.25. The van der Waals surface area contributed by atoms with E-state index >= 15 is 0 Å². The van der Waals surface area contributed by atoms with Gasteiger partial charge in [0.25, 0.3) is 0 Å². The average Bonchev–Trinajstić information content (AvgIpc) is 2.02. The minimum Gasteiger partial charge on any atom is -0.244 e. The molecule has 0 bridgehead atoms. The molecule has 1 rings (SSSR count). The van der Waals surface area contributed by atoms with Crippen LogP contribution in [0.5, 0.6) is 0 Å². The van der Waals surface area contributed by atoms with Crippen LogP contribution in [-0.2, 0) is 0 Å². The van der Waals surface area contributed by atoms with Crippen LogP contribution >= 0.6 is 11.6 Å². The molecule has 1 atom stereocenters. The average molecular weight is 197 g/mol.